The van der Waals surface area contributed by atoms with Gasteiger partial charge in [-0.1, -0.05) is 29.8 Å². The molecule has 3 aromatic rings. The number of halogens is 2. The van der Waals surface area contributed by atoms with Crippen LogP contribution in [0.1, 0.15) is 17.5 Å². The monoisotopic (exact) mass is 372 g/mol. The van der Waals surface area contributed by atoms with E-state index in [1.807, 2.05) is 0 Å². The van der Waals surface area contributed by atoms with Gasteiger partial charge in [0.15, 0.2) is 0 Å². The summed E-state index contributed by atoms with van der Waals surface area (Å²) >= 11 is 5.73. The molecule has 0 fully saturated rings. The van der Waals surface area contributed by atoms with Gasteiger partial charge in [-0.05, 0) is 43.3 Å². The van der Waals surface area contributed by atoms with Crippen molar-refractivity contribution in [3.05, 3.63) is 71.2 Å². The lowest BCUT2D eigenvalue weighted by molar-refractivity contribution is -0.111. The molecule has 132 valence electrons. The zero-order valence-electron chi connectivity index (χ0n) is 13.7. The number of furan rings is 1. The lowest BCUT2D eigenvalue weighted by Gasteiger charge is -2.06. The molecule has 2 N–H and O–H groups in total. The van der Waals surface area contributed by atoms with E-state index in [0.29, 0.717) is 16.7 Å². The molecule has 3 rings (SSSR count). The van der Waals surface area contributed by atoms with E-state index in [4.69, 9.17) is 16.0 Å². The van der Waals surface area contributed by atoms with Crippen LogP contribution in [0.4, 0.5) is 15.8 Å². The number of carbonyl (C=O) groups is 2. The molecular formula is C19H14ClFN2O3. The Morgan fingerprint density at radius 2 is 1.92 bits per heavy atom. The van der Waals surface area contributed by atoms with E-state index in [2.05, 4.69) is 10.6 Å². The molecule has 0 spiro atoms. The minimum Gasteiger partial charge on any atom is -0.449 e. The third-order valence-corrected chi connectivity index (χ3v) is 3.84. The van der Waals surface area contributed by atoms with Crippen LogP contribution in [-0.4, -0.2) is 11.8 Å². The maximum absolute atomic E-state index is 13.3. The van der Waals surface area contributed by atoms with Crippen LogP contribution in [0.5, 0.6) is 0 Å². The predicted molar refractivity (Wildman–Crippen MR) is 99.0 cm³/mol. The number of amides is 2. The summed E-state index contributed by atoms with van der Waals surface area (Å²) in [5, 5.41) is 5.71. The number of hydrogen-bond donors (Lipinski definition) is 2. The number of para-hydroxylation sites is 1. The maximum atomic E-state index is 13.3. The van der Waals surface area contributed by atoms with Gasteiger partial charge in [-0.25, -0.2) is 4.39 Å². The first-order valence-corrected chi connectivity index (χ1v) is 8.09. The number of carbonyl (C=O) groups excluding carboxylic acids is 2. The SMILES string of the molecule is C/C=C/C(=O)Nc1c(C(=O)Nc2ccc(F)c(Cl)c2)oc2ccccc12. The normalized spacial score (nSPS) is 11.0. The Morgan fingerprint density at radius 1 is 1.15 bits per heavy atom. The van der Waals surface area contributed by atoms with Crippen molar-refractivity contribution < 1.29 is 18.4 Å². The molecule has 1 heterocycles. The average molecular weight is 373 g/mol. The number of nitrogens with one attached hydrogen (secondary N) is 2. The summed E-state index contributed by atoms with van der Waals surface area (Å²) in [5.41, 5.74) is 1.01. The highest BCUT2D eigenvalue weighted by Gasteiger charge is 2.22. The van der Waals surface area contributed by atoms with E-state index in [1.54, 1.807) is 37.3 Å². The molecule has 7 heteroatoms. The topological polar surface area (TPSA) is 71.3 Å². The van der Waals surface area contributed by atoms with Gasteiger partial charge in [-0.3, -0.25) is 9.59 Å². The molecule has 0 aliphatic rings. The van der Waals surface area contributed by atoms with E-state index in [1.165, 1.54) is 18.2 Å². The molecule has 0 aliphatic carbocycles. The van der Waals surface area contributed by atoms with Gasteiger partial charge < -0.3 is 15.1 Å². The summed E-state index contributed by atoms with van der Waals surface area (Å²) in [5.74, 6) is -1.64. The minimum absolute atomic E-state index is 0.0653. The van der Waals surface area contributed by atoms with Gasteiger partial charge in [0, 0.05) is 11.1 Å². The molecular weight excluding hydrogens is 359 g/mol. The van der Waals surface area contributed by atoms with E-state index in [0.717, 1.165) is 6.07 Å². The highest BCUT2D eigenvalue weighted by molar-refractivity contribution is 6.31. The van der Waals surface area contributed by atoms with Crippen molar-refractivity contribution in [1.29, 1.82) is 0 Å². The molecule has 2 aromatic carbocycles. The molecule has 0 unspecified atom stereocenters. The van der Waals surface area contributed by atoms with Gasteiger partial charge in [-0.15, -0.1) is 0 Å². The predicted octanol–water partition coefficient (Wildman–Crippen LogP) is 4.99. The second-order valence-electron chi connectivity index (χ2n) is 5.37. The Bertz CT molecular complexity index is 1030. The lowest BCUT2D eigenvalue weighted by Crippen LogP contribution is -2.15. The zero-order chi connectivity index (χ0) is 18.7. The van der Waals surface area contributed by atoms with Gasteiger partial charge in [0.2, 0.25) is 11.7 Å². The summed E-state index contributed by atoms with van der Waals surface area (Å²) in [6, 6.07) is 10.7. The minimum atomic E-state index is -0.598. The smallest absolute Gasteiger partial charge is 0.293 e. The van der Waals surface area contributed by atoms with Crippen LogP contribution < -0.4 is 10.6 Å². The number of anilines is 2. The number of hydrogen-bond acceptors (Lipinski definition) is 3. The fourth-order valence-corrected chi connectivity index (χ4v) is 2.59. The number of allylic oxidation sites excluding steroid dienone is 1. The molecule has 0 aliphatic heterocycles. The van der Waals surface area contributed by atoms with Crippen LogP contribution in [-0.2, 0) is 4.79 Å². The third kappa shape index (κ3) is 3.60. The maximum Gasteiger partial charge on any atom is 0.293 e. The van der Waals surface area contributed by atoms with Crippen molar-refractivity contribution in [3.63, 3.8) is 0 Å². The summed E-state index contributed by atoms with van der Waals surface area (Å²) in [6.45, 7) is 1.71. The average Bonchev–Trinajstić information content (AvgIpc) is 2.97. The van der Waals surface area contributed by atoms with E-state index >= 15 is 0 Å². The third-order valence-electron chi connectivity index (χ3n) is 3.55. The first kappa shape index (κ1) is 17.7. The van der Waals surface area contributed by atoms with Gasteiger partial charge in [0.1, 0.15) is 17.1 Å². The first-order chi connectivity index (χ1) is 12.5. The standard InChI is InChI=1S/C19H14ClFN2O3/c1-2-5-16(24)23-17-12-6-3-4-7-15(12)26-18(17)19(25)22-11-8-9-14(21)13(20)10-11/h2-10H,1H3,(H,22,25)(H,23,24)/b5-2+. The summed E-state index contributed by atoms with van der Waals surface area (Å²) < 4.78 is 18.9. The summed E-state index contributed by atoms with van der Waals surface area (Å²) in [7, 11) is 0. The van der Waals surface area contributed by atoms with Gasteiger partial charge in [-0.2, -0.15) is 0 Å². The highest BCUT2D eigenvalue weighted by Crippen LogP contribution is 2.31. The van der Waals surface area contributed by atoms with Crippen LogP contribution in [0.3, 0.4) is 0 Å². The van der Waals surface area contributed by atoms with E-state index < -0.39 is 17.6 Å². The van der Waals surface area contributed by atoms with Gasteiger partial charge >= 0.3 is 0 Å². The molecule has 1 aromatic heterocycles. The lowest BCUT2D eigenvalue weighted by atomic mass is 10.2. The van der Waals surface area contributed by atoms with Crippen molar-refractivity contribution in [3.8, 4) is 0 Å². The fourth-order valence-electron chi connectivity index (χ4n) is 2.41. The number of fused-ring (bicyclic) bond motifs is 1. The van der Waals surface area contributed by atoms with Crippen LogP contribution in [0.2, 0.25) is 5.02 Å². The molecule has 2 amide bonds. The quantitative estimate of drug-likeness (QED) is 0.633. The van der Waals surface area contributed by atoms with E-state index in [9.17, 15) is 14.0 Å². The van der Waals surface area contributed by atoms with Gasteiger partial charge in [0.05, 0.1) is 5.02 Å². The van der Waals surface area contributed by atoms with Crippen molar-refractivity contribution in [1.82, 2.24) is 0 Å². The molecule has 0 atom stereocenters. The molecule has 0 saturated carbocycles. The fraction of sp³-hybridized carbons (Fsp3) is 0.0526. The molecule has 0 radical (unpaired) electrons. The Labute approximate surface area is 153 Å². The van der Waals surface area contributed by atoms with Crippen LogP contribution in [0, 0.1) is 5.82 Å². The molecule has 26 heavy (non-hydrogen) atoms. The van der Waals surface area contributed by atoms with Gasteiger partial charge in [0.25, 0.3) is 5.91 Å². The van der Waals surface area contributed by atoms with Crippen molar-refractivity contribution in [2.24, 2.45) is 0 Å². The van der Waals surface area contributed by atoms with Crippen LogP contribution >= 0.6 is 11.6 Å². The molecule has 0 bridgehead atoms. The number of rotatable bonds is 4. The Morgan fingerprint density at radius 3 is 2.65 bits per heavy atom. The first-order valence-electron chi connectivity index (χ1n) is 7.71. The molecule has 0 saturated heterocycles. The molecule has 5 nitrogen and oxygen atoms in total. The van der Waals surface area contributed by atoms with Crippen molar-refractivity contribution >= 4 is 45.8 Å². The Hall–Kier alpha value is -3.12. The Kier molecular flexibility index (Phi) is 5.04. The van der Waals surface area contributed by atoms with Crippen LogP contribution in [0.15, 0.2) is 59.0 Å². The van der Waals surface area contributed by atoms with E-state index in [-0.39, 0.29) is 16.5 Å². The summed E-state index contributed by atoms with van der Waals surface area (Å²) in [4.78, 5) is 24.6. The largest absolute Gasteiger partial charge is 0.449 e. The second-order valence-corrected chi connectivity index (χ2v) is 5.78. The summed E-state index contributed by atoms with van der Waals surface area (Å²) in [6.07, 6.45) is 2.92. The van der Waals surface area contributed by atoms with Crippen molar-refractivity contribution in [2.45, 2.75) is 6.92 Å². The van der Waals surface area contributed by atoms with Crippen molar-refractivity contribution in [2.75, 3.05) is 10.6 Å². The second kappa shape index (κ2) is 7.41. The van der Waals surface area contributed by atoms with Crippen LogP contribution in [0.25, 0.3) is 11.0 Å². The highest BCUT2D eigenvalue weighted by atomic mass is 35.5. The zero-order valence-corrected chi connectivity index (χ0v) is 14.4. The number of benzene rings is 2. The Balaban J connectivity index is 1.98.